The molecule has 0 saturated heterocycles. The number of hydrogen-bond acceptors (Lipinski definition) is 3. The van der Waals surface area contributed by atoms with E-state index in [-0.39, 0.29) is 16.1 Å². The van der Waals surface area contributed by atoms with E-state index in [0.717, 1.165) is 6.20 Å². The molecule has 1 heterocycles. The van der Waals surface area contributed by atoms with E-state index in [4.69, 9.17) is 5.26 Å². The van der Waals surface area contributed by atoms with Crippen molar-refractivity contribution in [2.45, 2.75) is 6.18 Å². The highest BCUT2D eigenvalue weighted by atomic mass is 19.4. The standard InChI is InChI=1S/C12H5F7N4/c1-21-11-4(2-20)3-22-23(11)10-8(15)6(13)5(12(17,18)19)7(14)9(10)16/h3,21H,1H3. The van der Waals surface area contributed by atoms with E-state index in [1.807, 2.05) is 0 Å². The fourth-order valence-corrected chi connectivity index (χ4v) is 1.90. The summed E-state index contributed by atoms with van der Waals surface area (Å²) in [6.45, 7) is 0. The molecular formula is C12H5F7N4. The van der Waals surface area contributed by atoms with E-state index < -0.39 is 40.7 Å². The van der Waals surface area contributed by atoms with Gasteiger partial charge < -0.3 is 5.32 Å². The quantitative estimate of drug-likeness (QED) is 0.675. The van der Waals surface area contributed by atoms with Gasteiger partial charge in [0, 0.05) is 7.05 Å². The lowest BCUT2D eigenvalue weighted by atomic mass is 10.1. The molecule has 0 atom stereocenters. The molecule has 0 amide bonds. The monoisotopic (exact) mass is 338 g/mol. The molecule has 23 heavy (non-hydrogen) atoms. The highest BCUT2D eigenvalue weighted by Gasteiger charge is 2.43. The van der Waals surface area contributed by atoms with Gasteiger partial charge in [-0.3, -0.25) is 0 Å². The van der Waals surface area contributed by atoms with Crippen molar-refractivity contribution in [3.8, 4) is 11.8 Å². The third-order valence-corrected chi connectivity index (χ3v) is 2.86. The molecule has 0 fully saturated rings. The molecule has 0 spiro atoms. The fraction of sp³-hybridized carbons (Fsp3) is 0.167. The van der Waals surface area contributed by atoms with Gasteiger partial charge in [-0.05, 0) is 0 Å². The van der Waals surface area contributed by atoms with Gasteiger partial charge in [-0.15, -0.1) is 0 Å². The largest absolute Gasteiger partial charge is 0.422 e. The van der Waals surface area contributed by atoms with Crippen LogP contribution in [0.4, 0.5) is 36.6 Å². The van der Waals surface area contributed by atoms with Crippen LogP contribution in [0.3, 0.4) is 0 Å². The number of anilines is 1. The zero-order valence-electron chi connectivity index (χ0n) is 11.1. The number of alkyl halides is 3. The molecule has 1 aromatic heterocycles. The number of rotatable bonds is 2. The van der Waals surface area contributed by atoms with Crippen molar-refractivity contribution in [2.24, 2.45) is 0 Å². The summed E-state index contributed by atoms with van der Waals surface area (Å²) in [4.78, 5) is 0. The van der Waals surface area contributed by atoms with Gasteiger partial charge in [-0.2, -0.15) is 23.5 Å². The summed E-state index contributed by atoms with van der Waals surface area (Å²) in [6, 6.07) is 1.58. The second kappa shape index (κ2) is 5.45. The van der Waals surface area contributed by atoms with E-state index in [2.05, 4.69) is 10.4 Å². The Morgan fingerprint density at radius 2 is 1.61 bits per heavy atom. The third-order valence-electron chi connectivity index (χ3n) is 2.86. The molecule has 11 heteroatoms. The zero-order valence-corrected chi connectivity index (χ0v) is 11.1. The number of nitrogens with one attached hydrogen (secondary N) is 1. The van der Waals surface area contributed by atoms with Gasteiger partial charge in [0.15, 0.2) is 23.3 Å². The van der Waals surface area contributed by atoms with Crippen LogP contribution in [0.1, 0.15) is 11.1 Å². The fourth-order valence-electron chi connectivity index (χ4n) is 1.90. The first kappa shape index (κ1) is 16.6. The number of halogens is 7. The molecule has 4 nitrogen and oxygen atoms in total. The molecule has 2 aromatic rings. The highest BCUT2D eigenvalue weighted by Crippen LogP contribution is 2.38. The van der Waals surface area contributed by atoms with Crippen molar-refractivity contribution in [1.29, 1.82) is 5.26 Å². The van der Waals surface area contributed by atoms with Crippen LogP contribution in [0.25, 0.3) is 5.69 Å². The lowest BCUT2D eigenvalue weighted by Crippen LogP contribution is -2.18. The van der Waals surface area contributed by atoms with Gasteiger partial charge in [-0.25, -0.2) is 22.2 Å². The number of hydrogen-bond donors (Lipinski definition) is 1. The molecule has 122 valence electrons. The van der Waals surface area contributed by atoms with Crippen LogP contribution in [0.15, 0.2) is 6.20 Å². The SMILES string of the molecule is CNc1c(C#N)cnn1-c1c(F)c(F)c(C(F)(F)F)c(F)c1F. The smallest absolute Gasteiger partial charge is 0.372 e. The van der Waals surface area contributed by atoms with Crippen LogP contribution >= 0.6 is 0 Å². The van der Waals surface area contributed by atoms with E-state index in [1.165, 1.54) is 7.05 Å². The minimum atomic E-state index is -5.64. The van der Waals surface area contributed by atoms with Gasteiger partial charge in [-0.1, -0.05) is 0 Å². The van der Waals surface area contributed by atoms with Gasteiger partial charge >= 0.3 is 6.18 Å². The van der Waals surface area contributed by atoms with Gasteiger partial charge in [0.1, 0.15) is 28.7 Å². The maximum atomic E-state index is 13.9. The highest BCUT2D eigenvalue weighted by molar-refractivity contribution is 5.56. The number of aromatic nitrogens is 2. The predicted molar refractivity (Wildman–Crippen MR) is 62.7 cm³/mol. The van der Waals surface area contributed by atoms with E-state index in [0.29, 0.717) is 0 Å². The minimum absolute atomic E-state index is 0.244. The summed E-state index contributed by atoms with van der Waals surface area (Å²) in [5.74, 6) is -10.2. The molecule has 0 bridgehead atoms. The van der Waals surface area contributed by atoms with Crippen LogP contribution in [0.2, 0.25) is 0 Å². The molecule has 0 aliphatic heterocycles. The Labute approximate surface area is 123 Å². The van der Waals surface area contributed by atoms with E-state index in [9.17, 15) is 30.7 Å². The first-order chi connectivity index (χ1) is 10.6. The van der Waals surface area contributed by atoms with Crippen LogP contribution < -0.4 is 5.32 Å². The van der Waals surface area contributed by atoms with Crippen LogP contribution in [0, 0.1) is 34.6 Å². The van der Waals surface area contributed by atoms with Crippen molar-refractivity contribution < 1.29 is 30.7 Å². The minimum Gasteiger partial charge on any atom is -0.372 e. The topological polar surface area (TPSA) is 53.6 Å². The molecule has 1 N–H and O–H groups in total. The maximum absolute atomic E-state index is 13.9. The summed E-state index contributed by atoms with van der Waals surface area (Å²) in [5.41, 5.74) is -4.44. The Morgan fingerprint density at radius 3 is 2.00 bits per heavy atom. The maximum Gasteiger partial charge on any atom is 0.422 e. The third kappa shape index (κ3) is 2.45. The van der Waals surface area contributed by atoms with Crippen molar-refractivity contribution >= 4 is 5.82 Å². The average molecular weight is 338 g/mol. The Kier molecular flexibility index (Phi) is 3.94. The van der Waals surface area contributed by atoms with Crippen LogP contribution in [-0.2, 0) is 6.18 Å². The molecule has 0 aliphatic rings. The Balaban J connectivity index is 2.87. The first-order valence-electron chi connectivity index (χ1n) is 5.74. The second-order valence-electron chi connectivity index (χ2n) is 4.16. The lowest BCUT2D eigenvalue weighted by Gasteiger charge is -2.15. The summed E-state index contributed by atoms with van der Waals surface area (Å²) in [5, 5.41) is 14.5. The molecule has 2 rings (SSSR count). The lowest BCUT2D eigenvalue weighted by molar-refractivity contribution is -0.143. The van der Waals surface area contributed by atoms with Crippen LogP contribution in [0.5, 0.6) is 0 Å². The summed E-state index contributed by atoms with van der Waals surface area (Å²) < 4.78 is 92.8. The average Bonchev–Trinajstić information content (AvgIpc) is 2.87. The summed E-state index contributed by atoms with van der Waals surface area (Å²) in [6.07, 6.45) is -4.82. The van der Waals surface area contributed by atoms with Crippen molar-refractivity contribution in [3.05, 3.63) is 40.6 Å². The molecule has 0 saturated carbocycles. The summed E-state index contributed by atoms with van der Waals surface area (Å²) in [7, 11) is 1.21. The van der Waals surface area contributed by atoms with Crippen molar-refractivity contribution in [3.63, 3.8) is 0 Å². The molecule has 0 radical (unpaired) electrons. The second-order valence-corrected chi connectivity index (χ2v) is 4.16. The van der Waals surface area contributed by atoms with E-state index in [1.54, 1.807) is 6.07 Å². The summed E-state index contributed by atoms with van der Waals surface area (Å²) >= 11 is 0. The zero-order chi connectivity index (χ0) is 17.5. The molecule has 1 aromatic carbocycles. The normalized spacial score (nSPS) is 11.4. The van der Waals surface area contributed by atoms with Crippen LogP contribution in [-0.4, -0.2) is 16.8 Å². The number of benzene rings is 1. The Bertz CT molecular complexity index is 787. The Hall–Kier alpha value is -2.77. The number of nitrogens with zero attached hydrogens (tertiary/aromatic N) is 3. The van der Waals surface area contributed by atoms with Crippen molar-refractivity contribution in [1.82, 2.24) is 9.78 Å². The van der Waals surface area contributed by atoms with E-state index >= 15 is 0 Å². The molecule has 0 aliphatic carbocycles. The Morgan fingerprint density at radius 1 is 1.09 bits per heavy atom. The molecule has 0 unspecified atom stereocenters. The van der Waals surface area contributed by atoms with Gasteiger partial charge in [0.25, 0.3) is 0 Å². The van der Waals surface area contributed by atoms with Crippen molar-refractivity contribution in [2.75, 3.05) is 12.4 Å². The predicted octanol–water partition coefficient (Wildman–Crippen LogP) is 3.36. The van der Waals surface area contributed by atoms with Gasteiger partial charge in [0.05, 0.1) is 6.20 Å². The number of nitriles is 1. The molecular weight excluding hydrogens is 333 g/mol. The first-order valence-corrected chi connectivity index (χ1v) is 5.74. The van der Waals surface area contributed by atoms with Gasteiger partial charge in [0.2, 0.25) is 0 Å².